The Morgan fingerprint density at radius 3 is 2.05 bits per heavy atom. The van der Waals surface area contributed by atoms with Gasteiger partial charge in [-0.05, 0) is 71.0 Å². The zero-order valence-electron chi connectivity index (χ0n) is 35.7. The summed E-state index contributed by atoms with van der Waals surface area (Å²) in [4.78, 5) is 62.0. The molecule has 13 heteroatoms. The van der Waals surface area contributed by atoms with Crippen molar-refractivity contribution in [3.63, 3.8) is 0 Å². The van der Waals surface area contributed by atoms with E-state index in [1.54, 1.807) is 43.9 Å². The standard InChI is InChI=1S/C47H60N6O7/c1-46(2,3)40(51-44(57)58)42(55)49-35(26-32-19-21-34(22-20-32)37-18-11-12-23-48-37)29-39(54)38(28-31-14-9-8-10-15-31)50-43(56)41(47(4,5)6)53-25-24-52(45(53)59)30-33-16-13-17-36(27-33)60-7/h8-23,27,35,38-41,51,54H,24-26,28-30H2,1-7H3,(H,49,55)(H,50,56)(H,57,58)/t35-,38-,39-,40+,41+/m0/s1. The number of pyridine rings is 1. The highest BCUT2D eigenvalue weighted by atomic mass is 16.5. The number of aliphatic hydroxyl groups is 1. The molecule has 5 N–H and O–H groups in total. The number of ether oxygens (including phenoxy) is 1. The number of nitrogens with zero attached hydrogens (tertiary/aromatic N) is 3. The first-order valence-corrected chi connectivity index (χ1v) is 20.4. The van der Waals surface area contributed by atoms with Crippen LogP contribution in [0.1, 0.15) is 64.7 Å². The Morgan fingerprint density at radius 2 is 1.43 bits per heavy atom. The number of nitrogens with one attached hydrogen (secondary N) is 3. The van der Waals surface area contributed by atoms with Gasteiger partial charge in [0.15, 0.2) is 0 Å². The molecule has 1 aliphatic heterocycles. The van der Waals surface area contributed by atoms with E-state index in [-0.39, 0.29) is 18.9 Å². The van der Waals surface area contributed by atoms with E-state index in [9.17, 15) is 29.4 Å². The SMILES string of the molecule is COc1cccc(CN2CCN([C@H](C(=O)N[C@@H](Cc3ccccc3)[C@@H](O)C[C@H](Cc3ccc(-c4ccccn4)cc3)NC(=O)[C@@H](NC(=O)O)C(C)(C)C)C(C)(C)C)C2=O)c1. The number of urea groups is 1. The maximum atomic E-state index is 14.6. The van der Waals surface area contributed by atoms with Crippen LogP contribution in [0.5, 0.6) is 5.75 Å². The van der Waals surface area contributed by atoms with E-state index in [2.05, 4.69) is 20.9 Å². The number of carbonyl (C=O) groups excluding carboxylic acids is 3. The van der Waals surface area contributed by atoms with Crippen molar-refractivity contribution in [2.75, 3.05) is 20.2 Å². The normalized spacial score (nSPS) is 15.7. The predicted octanol–water partition coefficient (Wildman–Crippen LogP) is 6.30. The molecule has 320 valence electrons. The minimum absolute atomic E-state index is 0.0204. The molecule has 5 rings (SSSR count). The zero-order valence-corrected chi connectivity index (χ0v) is 35.7. The van der Waals surface area contributed by atoms with Gasteiger partial charge in [0.25, 0.3) is 0 Å². The molecule has 0 saturated carbocycles. The fourth-order valence-corrected chi connectivity index (χ4v) is 7.76. The highest BCUT2D eigenvalue weighted by molar-refractivity contribution is 5.89. The van der Waals surface area contributed by atoms with E-state index in [0.717, 1.165) is 27.9 Å². The lowest BCUT2D eigenvalue weighted by Gasteiger charge is -2.38. The van der Waals surface area contributed by atoms with Crippen LogP contribution in [0.4, 0.5) is 9.59 Å². The van der Waals surface area contributed by atoms with E-state index in [1.807, 2.05) is 118 Å². The van der Waals surface area contributed by atoms with E-state index in [0.29, 0.717) is 31.8 Å². The Bertz CT molecular complexity index is 2050. The monoisotopic (exact) mass is 820 g/mol. The largest absolute Gasteiger partial charge is 0.497 e. The van der Waals surface area contributed by atoms with Gasteiger partial charge in [-0.3, -0.25) is 14.6 Å². The summed E-state index contributed by atoms with van der Waals surface area (Å²) in [5.74, 6) is -0.241. The average molecular weight is 821 g/mol. The summed E-state index contributed by atoms with van der Waals surface area (Å²) in [6, 6.07) is 26.8. The molecule has 1 fully saturated rings. The highest BCUT2D eigenvalue weighted by Crippen LogP contribution is 2.30. The van der Waals surface area contributed by atoms with Crippen molar-refractivity contribution in [2.24, 2.45) is 10.8 Å². The van der Waals surface area contributed by atoms with E-state index < -0.39 is 59.0 Å². The lowest BCUT2D eigenvalue weighted by molar-refractivity contribution is -0.131. The zero-order chi connectivity index (χ0) is 43.6. The third-order valence-corrected chi connectivity index (χ3v) is 10.8. The summed E-state index contributed by atoms with van der Waals surface area (Å²) in [7, 11) is 1.59. The molecule has 0 spiro atoms. The number of methoxy groups -OCH3 is 1. The molecule has 13 nitrogen and oxygen atoms in total. The molecule has 0 bridgehead atoms. The van der Waals surface area contributed by atoms with Crippen molar-refractivity contribution in [1.82, 2.24) is 30.7 Å². The molecule has 60 heavy (non-hydrogen) atoms. The summed E-state index contributed by atoms with van der Waals surface area (Å²) in [6.07, 6.45) is -0.185. The molecule has 0 aliphatic carbocycles. The van der Waals surface area contributed by atoms with Gasteiger partial charge in [0.05, 0.1) is 24.9 Å². The van der Waals surface area contributed by atoms with Gasteiger partial charge < -0.3 is 40.7 Å². The Balaban J connectivity index is 1.41. The van der Waals surface area contributed by atoms with Crippen LogP contribution in [-0.4, -0.2) is 99.4 Å². The topological polar surface area (TPSA) is 173 Å². The third kappa shape index (κ3) is 12.3. The number of carboxylic acid groups (broad SMARTS) is 1. The van der Waals surface area contributed by atoms with Gasteiger partial charge >= 0.3 is 12.1 Å². The Morgan fingerprint density at radius 1 is 0.767 bits per heavy atom. The molecule has 2 heterocycles. The van der Waals surface area contributed by atoms with Crippen molar-refractivity contribution < 1.29 is 34.1 Å². The van der Waals surface area contributed by atoms with Crippen LogP contribution in [-0.2, 0) is 29.0 Å². The maximum Gasteiger partial charge on any atom is 0.405 e. The van der Waals surface area contributed by atoms with Gasteiger partial charge in [-0.15, -0.1) is 0 Å². The van der Waals surface area contributed by atoms with Gasteiger partial charge in [-0.25, -0.2) is 9.59 Å². The molecule has 0 unspecified atom stereocenters. The van der Waals surface area contributed by atoms with E-state index >= 15 is 0 Å². The molecule has 0 radical (unpaired) electrons. The van der Waals surface area contributed by atoms with Gasteiger partial charge in [-0.2, -0.15) is 0 Å². The van der Waals surface area contributed by atoms with E-state index in [4.69, 9.17) is 4.74 Å². The van der Waals surface area contributed by atoms with Crippen LogP contribution in [0, 0.1) is 10.8 Å². The van der Waals surface area contributed by atoms with Gasteiger partial charge in [0.1, 0.15) is 17.8 Å². The summed E-state index contributed by atoms with van der Waals surface area (Å²) >= 11 is 0. The molecule has 4 aromatic rings. The minimum atomic E-state index is -1.33. The van der Waals surface area contributed by atoms with Gasteiger partial charge in [-0.1, -0.05) is 114 Å². The molecule has 1 aromatic heterocycles. The number of hydrogen-bond acceptors (Lipinski definition) is 7. The number of aliphatic hydroxyl groups excluding tert-OH is 1. The summed E-state index contributed by atoms with van der Waals surface area (Å²) in [6.45, 7) is 12.2. The molecule has 1 aliphatic rings. The average Bonchev–Trinajstić information content (AvgIpc) is 3.54. The molecule has 1 saturated heterocycles. The Hall–Kier alpha value is -5.95. The number of hydrogen-bond donors (Lipinski definition) is 5. The van der Waals surface area contributed by atoms with Crippen LogP contribution < -0.4 is 20.7 Å². The van der Waals surface area contributed by atoms with Crippen molar-refractivity contribution in [3.8, 4) is 17.0 Å². The number of amides is 5. The van der Waals surface area contributed by atoms with Crippen LogP contribution in [0.15, 0.2) is 103 Å². The first kappa shape index (κ1) is 45.1. The number of carbonyl (C=O) groups is 4. The minimum Gasteiger partial charge on any atom is -0.497 e. The molecule has 5 amide bonds. The summed E-state index contributed by atoms with van der Waals surface area (Å²) < 4.78 is 5.38. The maximum absolute atomic E-state index is 14.6. The third-order valence-electron chi connectivity index (χ3n) is 10.8. The van der Waals surface area contributed by atoms with Crippen molar-refractivity contribution in [1.29, 1.82) is 0 Å². The van der Waals surface area contributed by atoms with Gasteiger partial charge in [0, 0.05) is 37.4 Å². The lowest BCUT2D eigenvalue weighted by Crippen LogP contribution is -2.59. The molecular weight excluding hydrogens is 761 g/mol. The molecule has 5 atom stereocenters. The van der Waals surface area contributed by atoms with Crippen molar-refractivity contribution >= 4 is 23.9 Å². The first-order valence-electron chi connectivity index (χ1n) is 20.4. The smallest absolute Gasteiger partial charge is 0.405 e. The van der Waals surface area contributed by atoms with Crippen LogP contribution in [0.3, 0.4) is 0 Å². The highest BCUT2D eigenvalue weighted by Gasteiger charge is 2.44. The second-order valence-corrected chi connectivity index (χ2v) is 17.7. The van der Waals surface area contributed by atoms with Crippen molar-refractivity contribution in [2.45, 2.75) is 97.6 Å². The number of benzene rings is 3. The number of rotatable bonds is 17. The predicted molar refractivity (Wildman–Crippen MR) is 231 cm³/mol. The second kappa shape index (κ2) is 19.9. The van der Waals surface area contributed by atoms with Crippen molar-refractivity contribution in [3.05, 3.63) is 120 Å². The second-order valence-electron chi connectivity index (χ2n) is 17.7. The van der Waals surface area contributed by atoms with E-state index in [1.165, 1.54) is 0 Å². The van der Waals surface area contributed by atoms with Crippen LogP contribution in [0.25, 0.3) is 11.3 Å². The van der Waals surface area contributed by atoms with Crippen LogP contribution >= 0.6 is 0 Å². The number of aromatic nitrogens is 1. The fraction of sp³-hybridized carbons (Fsp3) is 0.426. The summed E-state index contributed by atoms with van der Waals surface area (Å²) in [5.41, 5.74) is 2.94. The Kier molecular flexibility index (Phi) is 14.9. The molecule has 3 aromatic carbocycles. The summed E-state index contributed by atoms with van der Waals surface area (Å²) in [5, 5.41) is 30.3. The lowest BCUT2D eigenvalue weighted by atomic mass is 9.84. The Labute approximate surface area is 353 Å². The fourth-order valence-electron chi connectivity index (χ4n) is 7.76. The van der Waals surface area contributed by atoms with Gasteiger partial charge in [0.2, 0.25) is 11.8 Å². The first-order chi connectivity index (χ1) is 28.4. The molecular formula is C47H60N6O7. The van der Waals surface area contributed by atoms with Crippen LogP contribution in [0.2, 0.25) is 0 Å². The quantitative estimate of drug-likeness (QED) is 0.0826.